The highest BCUT2D eigenvalue weighted by atomic mass is 16.1. The van der Waals surface area contributed by atoms with Crippen molar-refractivity contribution in [3.63, 3.8) is 0 Å². The maximum atomic E-state index is 13.7. The van der Waals surface area contributed by atoms with Crippen LogP contribution in [0.1, 0.15) is 175 Å². The van der Waals surface area contributed by atoms with Gasteiger partial charge in [-0.05, 0) is 104 Å². The van der Waals surface area contributed by atoms with Gasteiger partial charge in [0.15, 0.2) is 5.78 Å². The molecule has 0 aromatic heterocycles. The van der Waals surface area contributed by atoms with Crippen molar-refractivity contribution in [2.24, 2.45) is 17.8 Å². The number of Topliss-reactive ketones (excluding diaryl/α,β-unsaturated/α-hetero) is 3. The molecule has 0 N–H and O–H groups in total. The summed E-state index contributed by atoms with van der Waals surface area (Å²) in [5.41, 5.74) is 8.68. The van der Waals surface area contributed by atoms with E-state index < -0.39 is 0 Å². The maximum absolute atomic E-state index is 13.7. The summed E-state index contributed by atoms with van der Waals surface area (Å²) < 4.78 is 0. The van der Waals surface area contributed by atoms with E-state index in [1.54, 1.807) is 0 Å². The Morgan fingerprint density at radius 1 is 0.870 bits per heavy atom. The molecule has 2 aliphatic carbocycles. The minimum absolute atomic E-state index is 0.0348. The topological polar surface area (TPSA) is 51.2 Å². The summed E-state index contributed by atoms with van der Waals surface area (Å²) in [5, 5.41) is 0. The summed E-state index contributed by atoms with van der Waals surface area (Å²) in [7, 11) is 0. The van der Waals surface area contributed by atoms with Gasteiger partial charge < -0.3 is 0 Å². The van der Waals surface area contributed by atoms with Crippen LogP contribution in [0.4, 0.5) is 0 Å². The number of rotatable bonds is 13. The fourth-order valence-electron chi connectivity index (χ4n) is 7.88. The van der Waals surface area contributed by atoms with Crippen molar-refractivity contribution in [3.05, 3.63) is 69.3 Å². The molecule has 3 atom stereocenters. The number of carbonyl (C=O) groups is 3. The van der Waals surface area contributed by atoms with Gasteiger partial charge in [0.2, 0.25) is 0 Å². The highest BCUT2D eigenvalue weighted by Gasteiger charge is 2.34. The molecule has 1 saturated carbocycles. The fourth-order valence-corrected chi connectivity index (χ4v) is 7.88. The van der Waals surface area contributed by atoms with Crippen molar-refractivity contribution in [3.8, 4) is 0 Å². The molecule has 0 aliphatic heterocycles. The summed E-state index contributed by atoms with van der Waals surface area (Å²) in [5.74, 6) is 1.03. The average molecular weight is 631 g/mol. The molecular formula is C43H66O3. The fraction of sp³-hybridized carbons (Fsp3) is 0.651. The predicted molar refractivity (Wildman–Crippen MR) is 196 cm³/mol. The van der Waals surface area contributed by atoms with Crippen LogP contribution in [0.5, 0.6) is 0 Å². The zero-order valence-electron chi connectivity index (χ0n) is 31.0. The average Bonchev–Trinajstić information content (AvgIpc) is 3.03. The predicted octanol–water partition coefficient (Wildman–Crippen LogP) is 11.7. The van der Waals surface area contributed by atoms with Crippen LogP contribution in [0.15, 0.2) is 30.3 Å². The number of ketones is 3. The first kappa shape index (κ1) is 39.6. The summed E-state index contributed by atoms with van der Waals surface area (Å²) >= 11 is 0. The molecule has 0 bridgehead atoms. The van der Waals surface area contributed by atoms with Gasteiger partial charge in [0.05, 0.1) is 6.42 Å². The molecule has 0 radical (unpaired) electrons. The quantitative estimate of drug-likeness (QED) is 0.207. The highest BCUT2D eigenvalue weighted by Crippen LogP contribution is 2.40. The number of aryl methyl sites for hydroxylation is 3. The van der Waals surface area contributed by atoms with Gasteiger partial charge in [-0.2, -0.15) is 0 Å². The number of carbonyl (C=O) groups excluding carboxylic acids is 3. The van der Waals surface area contributed by atoms with E-state index in [4.69, 9.17) is 0 Å². The summed E-state index contributed by atoms with van der Waals surface area (Å²) in [6.45, 7) is 18.5. The molecule has 256 valence electrons. The molecule has 0 amide bonds. The van der Waals surface area contributed by atoms with E-state index in [1.807, 2.05) is 13.8 Å². The molecule has 3 unspecified atom stereocenters. The summed E-state index contributed by atoms with van der Waals surface area (Å²) in [6.07, 6.45) is 16.0. The lowest BCUT2D eigenvalue weighted by atomic mass is 9.70. The van der Waals surface area contributed by atoms with Gasteiger partial charge in [-0.15, -0.1) is 0 Å². The van der Waals surface area contributed by atoms with Gasteiger partial charge in [-0.3, -0.25) is 14.4 Å². The summed E-state index contributed by atoms with van der Waals surface area (Å²) in [4.78, 5) is 38.3. The van der Waals surface area contributed by atoms with Crippen molar-refractivity contribution in [2.45, 2.75) is 165 Å². The zero-order valence-corrected chi connectivity index (χ0v) is 31.0. The Hall–Kier alpha value is -2.55. The van der Waals surface area contributed by atoms with E-state index in [1.165, 1.54) is 73.3 Å². The first-order chi connectivity index (χ1) is 22.1. The third-order valence-electron chi connectivity index (χ3n) is 10.3. The number of hydrogen-bond acceptors (Lipinski definition) is 3. The first-order valence-corrected chi connectivity index (χ1v) is 18.8. The molecule has 0 saturated heterocycles. The van der Waals surface area contributed by atoms with Crippen LogP contribution in [0.2, 0.25) is 0 Å². The van der Waals surface area contributed by atoms with E-state index in [0.29, 0.717) is 12.3 Å². The van der Waals surface area contributed by atoms with Gasteiger partial charge in [0, 0.05) is 17.9 Å². The van der Waals surface area contributed by atoms with Crippen molar-refractivity contribution in [2.75, 3.05) is 0 Å². The molecule has 2 aromatic carbocycles. The van der Waals surface area contributed by atoms with Crippen molar-refractivity contribution in [1.29, 1.82) is 0 Å². The maximum Gasteiger partial charge on any atom is 0.163 e. The number of hydrogen-bond donors (Lipinski definition) is 0. The monoisotopic (exact) mass is 631 g/mol. The molecular weight excluding hydrogens is 564 g/mol. The van der Waals surface area contributed by atoms with E-state index in [0.717, 1.165) is 56.1 Å². The molecule has 2 aromatic rings. The van der Waals surface area contributed by atoms with Gasteiger partial charge in [0.25, 0.3) is 0 Å². The van der Waals surface area contributed by atoms with Crippen LogP contribution in [0, 0.1) is 31.6 Å². The largest absolute Gasteiger partial charge is 0.300 e. The second-order valence-electron chi connectivity index (χ2n) is 14.1. The Bertz CT molecular complexity index is 1240. The van der Waals surface area contributed by atoms with Gasteiger partial charge in [0.1, 0.15) is 11.6 Å². The lowest BCUT2D eigenvalue weighted by Gasteiger charge is -2.33. The zero-order chi connectivity index (χ0) is 34.2. The third kappa shape index (κ3) is 11.6. The Morgan fingerprint density at radius 2 is 1.46 bits per heavy atom. The molecule has 2 aliphatic rings. The van der Waals surface area contributed by atoms with Crippen LogP contribution < -0.4 is 0 Å². The third-order valence-corrected chi connectivity index (χ3v) is 10.3. The van der Waals surface area contributed by atoms with Crippen LogP contribution in [0.25, 0.3) is 0 Å². The molecule has 0 heterocycles. The van der Waals surface area contributed by atoms with E-state index in [-0.39, 0.29) is 41.5 Å². The normalized spacial score (nSPS) is 17.2. The molecule has 1 fully saturated rings. The molecule has 4 rings (SSSR count). The standard InChI is InChI=1S/C35H48O3.C6H12.C2H6/c1-8-12-29(30(9-2)33(37)17-24(6)36)18-26-19-32-31(22(3)4)21-28(25(7)35(32)34(38)20-26)16-15-27-14-11-10-13-23(27)5;1-2-4-6-5-3-1;1-2/h10-11,13-14,21-22,26,29-30H,8-9,12,15-20H2,1-7H3;1-6H2;1-2H3. The lowest BCUT2D eigenvalue weighted by Crippen LogP contribution is -2.30. The van der Waals surface area contributed by atoms with Gasteiger partial charge in [-0.1, -0.05) is 123 Å². The van der Waals surface area contributed by atoms with Crippen molar-refractivity contribution >= 4 is 17.3 Å². The van der Waals surface area contributed by atoms with Crippen LogP contribution >= 0.6 is 0 Å². The smallest absolute Gasteiger partial charge is 0.163 e. The second-order valence-corrected chi connectivity index (χ2v) is 14.1. The second kappa shape index (κ2) is 20.6. The molecule has 3 heteroatoms. The van der Waals surface area contributed by atoms with Crippen LogP contribution in [-0.2, 0) is 28.9 Å². The highest BCUT2D eigenvalue weighted by molar-refractivity contribution is 6.01. The first-order valence-electron chi connectivity index (χ1n) is 18.8. The summed E-state index contributed by atoms with van der Waals surface area (Å²) in [6, 6.07) is 10.9. The van der Waals surface area contributed by atoms with Crippen molar-refractivity contribution < 1.29 is 14.4 Å². The van der Waals surface area contributed by atoms with Gasteiger partial charge >= 0.3 is 0 Å². The molecule has 0 spiro atoms. The van der Waals surface area contributed by atoms with E-state index >= 15 is 0 Å². The SMILES string of the molecule is C1CCCCC1.CC.CCCC(CC1CC(=O)c2c(C)c(CCc3ccccc3C)cc(C(C)C)c2C1)C(CC)C(=O)CC(C)=O. The van der Waals surface area contributed by atoms with Crippen LogP contribution in [-0.4, -0.2) is 17.3 Å². The van der Waals surface area contributed by atoms with Crippen LogP contribution in [0.3, 0.4) is 0 Å². The Labute approximate surface area is 282 Å². The molecule has 3 nitrogen and oxygen atoms in total. The molecule has 46 heavy (non-hydrogen) atoms. The minimum Gasteiger partial charge on any atom is -0.300 e. The number of benzene rings is 2. The van der Waals surface area contributed by atoms with E-state index in [9.17, 15) is 14.4 Å². The Kier molecular flexibility index (Phi) is 17.8. The van der Waals surface area contributed by atoms with Gasteiger partial charge in [-0.25, -0.2) is 0 Å². The lowest BCUT2D eigenvalue weighted by molar-refractivity contribution is -0.129. The number of fused-ring (bicyclic) bond motifs is 1. The van der Waals surface area contributed by atoms with E-state index in [2.05, 4.69) is 71.9 Å². The Balaban J connectivity index is 0.000000810. The Morgan fingerprint density at radius 3 is 1.98 bits per heavy atom. The minimum atomic E-state index is -0.0922. The van der Waals surface area contributed by atoms with Crippen molar-refractivity contribution in [1.82, 2.24) is 0 Å².